The molecule has 0 amide bonds. The maximum atomic E-state index is 4.27. The zero-order chi connectivity index (χ0) is 8.39. The summed E-state index contributed by atoms with van der Waals surface area (Å²) < 4.78 is 1.90. The van der Waals surface area contributed by atoms with Crippen LogP contribution >= 0.6 is 11.3 Å². The highest BCUT2D eigenvalue weighted by atomic mass is 32.1. The molecule has 2 aromatic heterocycles. The summed E-state index contributed by atoms with van der Waals surface area (Å²) in [6.07, 6.45) is 3.78. The van der Waals surface area contributed by atoms with Crippen LogP contribution in [0.5, 0.6) is 0 Å². The molecule has 0 aromatic carbocycles. The first-order valence-corrected chi connectivity index (χ1v) is 4.61. The summed E-state index contributed by atoms with van der Waals surface area (Å²) in [5, 5.41) is 7.34. The summed E-state index contributed by atoms with van der Waals surface area (Å²) >= 11 is 1.66. The van der Waals surface area contributed by atoms with Crippen LogP contribution in [0, 0.1) is 6.92 Å². The fraction of sp³-hybridized carbons (Fsp3) is 0.250. The molecule has 12 heavy (non-hydrogen) atoms. The lowest BCUT2D eigenvalue weighted by Gasteiger charge is -1.95. The zero-order valence-electron chi connectivity index (χ0n) is 6.77. The van der Waals surface area contributed by atoms with E-state index in [0.29, 0.717) is 0 Å². The van der Waals surface area contributed by atoms with E-state index in [0.717, 1.165) is 17.2 Å². The predicted molar refractivity (Wildman–Crippen MR) is 48.2 cm³/mol. The first-order chi connectivity index (χ1) is 5.84. The smallest absolute Gasteiger partial charge is 0.114 e. The van der Waals surface area contributed by atoms with Gasteiger partial charge >= 0.3 is 0 Å². The summed E-state index contributed by atoms with van der Waals surface area (Å²) in [5.41, 5.74) is 1.05. The number of aromatic nitrogens is 3. The Bertz CT molecular complexity index is 350. The van der Waals surface area contributed by atoms with Crippen LogP contribution in [-0.2, 0) is 6.54 Å². The van der Waals surface area contributed by atoms with E-state index in [-0.39, 0.29) is 0 Å². The Labute approximate surface area is 74.7 Å². The van der Waals surface area contributed by atoms with E-state index in [1.54, 1.807) is 11.3 Å². The maximum absolute atomic E-state index is 4.27. The van der Waals surface area contributed by atoms with Crippen LogP contribution in [0.25, 0.3) is 0 Å². The molecular weight excluding hydrogens is 170 g/mol. The third kappa shape index (κ3) is 1.53. The molecule has 0 bridgehead atoms. The van der Waals surface area contributed by atoms with Gasteiger partial charge in [0.2, 0.25) is 0 Å². The molecule has 62 valence electrons. The zero-order valence-corrected chi connectivity index (χ0v) is 7.58. The van der Waals surface area contributed by atoms with Crippen LogP contribution in [0.1, 0.15) is 10.7 Å². The Hall–Kier alpha value is -1.16. The van der Waals surface area contributed by atoms with Crippen molar-refractivity contribution in [2.24, 2.45) is 0 Å². The minimum Gasteiger partial charge on any atom is -0.266 e. The van der Waals surface area contributed by atoms with Gasteiger partial charge in [-0.3, -0.25) is 4.68 Å². The quantitative estimate of drug-likeness (QED) is 0.702. The minimum atomic E-state index is 0.783. The van der Waals surface area contributed by atoms with Crippen LogP contribution in [0.4, 0.5) is 0 Å². The van der Waals surface area contributed by atoms with E-state index >= 15 is 0 Å². The highest BCUT2D eigenvalue weighted by molar-refractivity contribution is 7.09. The summed E-state index contributed by atoms with van der Waals surface area (Å²) in [7, 11) is 0. The topological polar surface area (TPSA) is 30.7 Å². The number of aryl methyl sites for hydroxylation is 1. The van der Waals surface area contributed by atoms with Crippen LogP contribution in [0.2, 0.25) is 0 Å². The third-order valence-electron chi connectivity index (χ3n) is 1.55. The molecule has 0 saturated carbocycles. The third-order valence-corrected chi connectivity index (χ3v) is 2.32. The van der Waals surface area contributed by atoms with E-state index in [9.17, 15) is 0 Å². The largest absolute Gasteiger partial charge is 0.266 e. The molecule has 0 saturated heterocycles. The van der Waals surface area contributed by atoms with E-state index in [1.165, 1.54) is 0 Å². The molecule has 3 nitrogen and oxygen atoms in total. The van der Waals surface area contributed by atoms with Gasteiger partial charge in [-0.15, -0.1) is 11.3 Å². The number of nitrogens with zero attached hydrogens (tertiary/aromatic N) is 3. The van der Waals surface area contributed by atoms with Gasteiger partial charge in [0.1, 0.15) is 5.01 Å². The fourth-order valence-corrected chi connectivity index (χ4v) is 1.63. The number of rotatable bonds is 2. The van der Waals surface area contributed by atoms with Gasteiger partial charge < -0.3 is 0 Å². The van der Waals surface area contributed by atoms with Crippen molar-refractivity contribution in [3.63, 3.8) is 0 Å². The molecule has 0 unspecified atom stereocenters. The molecule has 0 aliphatic rings. The van der Waals surface area contributed by atoms with Crippen molar-refractivity contribution in [3.8, 4) is 0 Å². The number of hydrogen-bond donors (Lipinski definition) is 0. The molecule has 2 heterocycles. The SMILES string of the molecule is Cc1ccn(Cc2nccs2)n1. The van der Waals surface area contributed by atoms with Crippen molar-refractivity contribution in [1.82, 2.24) is 14.8 Å². The van der Waals surface area contributed by atoms with Gasteiger partial charge in [-0.1, -0.05) is 0 Å². The van der Waals surface area contributed by atoms with E-state index < -0.39 is 0 Å². The van der Waals surface area contributed by atoms with Gasteiger partial charge in [-0.25, -0.2) is 4.98 Å². The normalized spacial score (nSPS) is 10.4. The van der Waals surface area contributed by atoms with E-state index in [2.05, 4.69) is 10.1 Å². The molecule has 0 atom stereocenters. The average molecular weight is 179 g/mol. The summed E-state index contributed by atoms with van der Waals surface area (Å²) in [6, 6.07) is 1.99. The minimum absolute atomic E-state index is 0.783. The summed E-state index contributed by atoms with van der Waals surface area (Å²) in [4.78, 5) is 4.18. The van der Waals surface area contributed by atoms with Crippen molar-refractivity contribution in [1.29, 1.82) is 0 Å². The monoisotopic (exact) mass is 179 g/mol. The van der Waals surface area contributed by atoms with Gasteiger partial charge in [-0.05, 0) is 13.0 Å². The van der Waals surface area contributed by atoms with Gasteiger partial charge in [0.05, 0.1) is 12.2 Å². The second-order valence-electron chi connectivity index (χ2n) is 2.58. The van der Waals surface area contributed by atoms with Crippen LogP contribution in [0.3, 0.4) is 0 Å². The van der Waals surface area contributed by atoms with Crippen molar-refractivity contribution < 1.29 is 0 Å². The van der Waals surface area contributed by atoms with E-state index in [4.69, 9.17) is 0 Å². The molecule has 0 aliphatic carbocycles. The van der Waals surface area contributed by atoms with Crippen molar-refractivity contribution in [3.05, 3.63) is 34.5 Å². The number of hydrogen-bond acceptors (Lipinski definition) is 3. The molecule has 0 spiro atoms. The van der Waals surface area contributed by atoms with Crippen molar-refractivity contribution in [2.75, 3.05) is 0 Å². The van der Waals surface area contributed by atoms with Crippen LogP contribution in [0.15, 0.2) is 23.8 Å². The molecule has 2 aromatic rings. The van der Waals surface area contributed by atoms with Crippen molar-refractivity contribution >= 4 is 11.3 Å². The van der Waals surface area contributed by atoms with Crippen LogP contribution in [-0.4, -0.2) is 14.8 Å². The maximum Gasteiger partial charge on any atom is 0.114 e. The molecule has 0 radical (unpaired) electrons. The van der Waals surface area contributed by atoms with Gasteiger partial charge in [-0.2, -0.15) is 5.10 Å². The molecule has 4 heteroatoms. The second kappa shape index (κ2) is 3.06. The standard InChI is InChI=1S/C8H9N3S/c1-7-2-4-11(10-7)6-8-9-3-5-12-8/h2-5H,6H2,1H3. The lowest BCUT2D eigenvalue weighted by molar-refractivity contribution is 0.676. The van der Waals surface area contributed by atoms with Gasteiger partial charge in [0.25, 0.3) is 0 Å². The lowest BCUT2D eigenvalue weighted by atomic mass is 10.5. The first-order valence-electron chi connectivity index (χ1n) is 3.73. The van der Waals surface area contributed by atoms with E-state index in [1.807, 2.05) is 35.4 Å². The van der Waals surface area contributed by atoms with Gasteiger partial charge in [0, 0.05) is 17.8 Å². The molecule has 2 rings (SSSR count). The molecule has 0 N–H and O–H groups in total. The average Bonchev–Trinajstić information content (AvgIpc) is 2.63. The Morgan fingerprint density at radius 1 is 1.58 bits per heavy atom. The molecular formula is C8H9N3S. The van der Waals surface area contributed by atoms with Crippen LogP contribution < -0.4 is 0 Å². The molecule has 0 aliphatic heterocycles. The highest BCUT2D eigenvalue weighted by Gasteiger charge is 1.97. The Morgan fingerprint density at radius 3 is 3.08 bits per heavy atom. The Morgan fingerprint density at radius 2 is 2.50 bits per heavy atom. The van der Waals surface area contributed by atoms with Crippen molar-refractivity contribution in [2.45, 2.75) is 13.5 Å². The summed E-state index contributed by atoms with van der Waals surface area (Å²) in [5.74, 6) is 0. The Balaban J connectivity index is 2.14. The predicted octanol–water partition coefficient (Wildman–Crippen LogP) is 1.70. The first kappa shape index (κ1) is 7.49. The Kier molecular flexibility index (Phi) is 1.91. The van der Waals surface area contributed by atoms with Gasteiger partial charge in [0.15, 0.2) is 0 Å². The highest BCUT2D eigenvalue weighted by Crippen LogP contribution is 2.05. The lowest BCUT2D eigenvalue weighted by Crippen LogP contribution is -1.99. The second-order valence-corrected chi connectivity index (χ2v) is 3.56. The fourth-order valence-electron chi connectivity index (χ4n) is 1.02. The number of thiazole rings is 1. The summed E-state index contributed by atoms with van der Waals surface area (Å²) in [6.45, 7) is 2.77. The molecule has 0 fully saturated rings.